The van der Waals surface area contributed by atoms with Crippen molar-refractivity contribution in [1.29, 1.82) is 0 Å². The maximum absolute atomic E-state index is 4.21. The van der Waals surface area contributed by atoms with Crippen molar-refractivity contribution in [1.82, 2.24) is 9.88 Å². The predicted octanol–water partition coefficient (Wildman–Crippen LogP) is 2.02. The van der Waals surface area contributed by atoms with Gasteiger partial charge in [0, 0.05) is 19.1 Å². The number of anilines is 2. The number of pyridine rings is 1. The zero-order valence-corrected chi connectivity index (χ0v) is 11.0. The fourth-order valence-corrected chi connectivity index (χ4v) is 2.31. The molecule has 0 aromatic carbocycles. The minimum absolute atomic E-state index is 0.343. The Labute approximate surface area is 103 Å². The first-order chi connectivity index (χ1) is 8.16. The van der Waals surface area contributed by atoms with E-state index in [-0.39, 0.29) is 0 Å². The molecular formula is C13H22N4. The van der Waals surface area contributed by atoms with Gasteiger partial charge in [0.1, 0.15) is 0 Å². The van der Waals surface area contributed by atoms with Crippen LogP contribution in [-0.4, -0.2) is 43.1 Å². The Hall–Kier alpha value is -1.29. The van der Waals surface area contributed by atoms with Crippen LogP contribution in [0.15, 0.2) is 18.5 Å². The number of hydrogen-bond acceptors (Lipinski definition) is 4. The van der Waals surface area contributed by atoms with E-state index in [1.54, 1.807) is 0 Å². The average Bonchev–Trinajstić information content (AvgIpc) is 2.27. The van der Waals surface area contributed by atoms with Crippen molar-refractivity contribution in [2.24, 2.45) is 0 Å². The molecule has 1 aliphatic carbocycles. The SMILES string of the molecule is CNc1cncc(NCC2(N(C)C)CCC2)c1. The zero-order chi connectivity index (χ0) is 12.3. The van der Waals surface area contributed by atoms with Crippen LogP contribution in [0.1, 0.15) is 19.3 Å². The average molecular weight is 234 g/mol. The fraction of sp³-hybridized carbons (Fsp3) is 0.615. The topological polar surface area (TPSA) is 40.2 Å². The standard InChI is InChI=1S/C13H22N4/c1-14-11-7-12(9-15-8-11)16-10-13(17(2)3)5-4-6-13/h7-9,14,16H,4-6,10H2,1-3H3. The molecule has 17 heavy (non-hydrogen) atoms. The van der Waals surface area contributed by atoms with E-state index in [0.29, 0.717) is 5.54 Å². The van der Waals surface area contributed by atoms with Gasteiger partial charge in [0.05, 0.1) is 23.8 Å². The molecule has 0 radical (unpaired) electrons. The van der Waals surface area contributed by atoms with Crippen molar-refractivity contribution >= 4 is 11.4 Å². The van der Waals surface area contributed by atoms with Gasteiger partial charge in [-0.15, -0.1) is 0 Å². The highest BCUT2D eigenvalue weighted by molar-refractivity contribution is 5.53. The number of hydrogen-bond donors (Lipinski definition) is 2. The third kappa shape index (κ3) is 2.52. The molecule has 1 aliphatic rings. The molecule has 0 spiro atoms. The maximum Gasteiger partial charge on any atom is 0.0548 e. The maximum atomic E-state index is 4.21. The van der Waals surface area contributed by atoms with Crippen LogP contribution in [0.25, 0.3) is 0 Å². The summed E-state index contributed by atoms with van der Waals surface area (Å²) in [6, 6.07) is 2.09. The van der Waals surface area contributed by atoms with E-state index in [1.165, 1.54) is 19.3 Å². The Kier molecular flexibility index (Phi) is 3.52. The second kappa shape index (κ2) is 4.92. The minimum Gasteiger partial charge on any atom is -0.387 e. The number of aromatic nitrogens is 1. The summed E-state index contributed by atoms with van der Waals surface area (Å²) in [5.41, 5.74) is 2.47. The Morgan fingerprint density at radius 1 is 1.29 bits per heavy atom. The Morgan fingerprint density at radius 3 is 2.53 bits per heavy atom. The van der Waals surface area contributed by atoms with E-state index in [4.69, 9.17) is 0 Å². The van der Waals surface area contributed by atoms with Crippen molar-refractivity contribution in [3.05, 3.63) is 18.5 Å². The van der Waals surface area contributed by atoms with Crippen LogP contribution >= 0.6 is 0 Å². The van der Waals surface area contributed by atoms with E-state index in [0.717, 1.165) is 17.9 Å². The van der Waals surface area contributed by atoms with Crippen molar-refractivity contribution in [3.63, 3.8) is 0 Å². The highest BCUT2D eigenvalue weighted by Crippen LogP contribution is 2.36. The summed E-state index contributed by atoms with van der Waals surface area (Å²) in [6.45, 7) is 0.995. The lowest BCUT2D eigenvalue weighted by molar-refractivity contribution is 0.0739. The lowest BCUT2D eigenvalue weighted by Gasteiger charge is -2.47. The molecule has 0 atom stereocenters. The quantitative estimate of drug-likeness (QED) is 0.817. The highest BCUT2D eigenvalue weighted by atomic mass is 15.2. The number of rotatable bonds is 5. The van der Waals surface area contributed by atoms with E-state index in [9.17, 15) is 0 Å². The van der Waals surface area contributed by atoms with Gasteiger partial charge < -0.3 is 15.5 Å². The van der Waals surface area contributed by atoms with Crippen molar-refractivity contribution in [2.75, 3.05) is 38.3 Å². The summed E-state index contributed by atoms with van der Waals surface area (Å²) < 4.78 is 0. The van der Waals surface area contributed by atoms with Gasteiger partial charge in [-0.25, -0.2) is 0 Å². The van der Waals surface area contributed by atoms with Gasteiger partial charge in [-0.2, -0.15) is 0 Å². The minimum atomic E-state index is 0.343. The molecule has 4 heteroatoms. The molecule has 0 saturated heterocycles. The molecule has 1 aromatic rings. The van der Waals surface area contributed by atoms with Gasteiger partial charge >= 0.3 is 0 Å². The smallest absolute Gasteiger partial charge is 0.0548 e. The monoisotopic (exact) mass is 234 g/mol. The van der Waals surface area contributed by atoms with Gasteiger partial charge in [-0.1, -0.05) is 0 Å². The molecule has 0 bridgehead atoms. The lowest BCUT2D eigenvalue weighted by Crippen LogP contribution is -2.54. The molecule has 1 fully saturated rings. The summed E-state index contributed by atoms with van der Waals surface area (Å²) in [7, 11) is 6.25. The highest BCUT2D eigenvalue weighted by Gasteiger charge is 2.38. The Morgan fingerprint density at radius 2 is 2.00 bits per heavy atom. The summed E-state index contributed by atoms with van der Waals surface area (Å²) in [5, 5.41) is 6.60. The predicted molar refractivity (Wildman–Crippen MR) is 72.5 cm³/mol. The second-order valence-electron chi connectivity index (χ2n) is 5.04. The van der Waals surface area contributed by atoms with Crippen LogP contribution < -0.4 is 10.6 Å². The second-order valence-corrected chi connectivity index (χ2v) is 5.04. The van der Waals surface area contributed by atoms with Crippen LogP contribution in [0.5, 0.6) is 0 Å². The van der Waals surface area contributed by atoms with Gasteiger partial charge in [0.25, 0.3) is 0 Å². The van der Waals surface area contributed by atoms with E-state index >= 15 is 0 Å². The van der Waals surface area contributed by atoms with Crippen LogP contribution in [-0.2, 0) is 0 Å². The van der Waals surface area contributed by atoms with Crippen LogP contribution in [0.2, 0.25) is 0 Å². The summed E-state index contributed by atoms with van der Waals surface area (Å²) >= 11 is 0. The largest absolute Gasteiger partial charge is 0.387 e. The first-order valence-corrected chi connectivity index (χ1v) is 6.20. The van der Waals surface area contributed by atoms with Crippen LogP contribution in [0.3, 0.4) is 0 Å². The first kappa shape index (κ1) is 12.2. The number of nitrogens with zero attached hydrogens (tertiary/aromatic N) is 2. The van der Waals surface area contributed by atoms with E-state index in [2.05, 4.69) is 40.7 Å². The molecule has 0 aliphatic heterocycles. The zero-order valence-electron chi connectivity index (χ0n) is 11.0. The summed E-state index contributed by atoms with van der Waals surface area (Å²) in [5.74, 6) is 0. The van der Waals surface area contributed by atoms with E-state index < -0.39 is 0 Å². The molecule has 94 valence electrons. The number of likely N-dealkylation sites (N-methyl/N-ethyl adjacent to an activating group) is 1. The van der Waals surface area contributed by atoms with Crippen LogP contribution in [0.4, 0.5) is 11.4 Å². The van der Waals surface area contributed by atoms with E-state index in [1.807, 2.05) is 19.4 Å². The molecule has 4 nitrogen and oxygen atoms in total. The molecule has 1 saturated carbocycles. The fourth-order valence-electron chi connectivity index (χ4n) is 2.31. The molecule has 2 N–H and O–H groups in total. The third-order valence-electron chi connectivity index (χ3n) is 3.88. The van der Waals surface area contributed by atoms with Gasteiger partial charge in [-0.3, -0.25) is 4.98 Å². The normalized spacial score (nSPS) is 17.6. The lowest BCUT2D eigenvalue weighted by atomic mass is 9.75. The van der Waals surface area contributed by atoms with Crippen LogP contribution in [0, 0.1) is 0 Å². The van der Waals surface area contributed by atoms with Gasteiger partial charge in [0.2, 0.25) is 0 Å². The molecule has 1 aromatic heterocycles. The molecule has 1 heterocycles. The summed E-state index contributed by atoms with van der Waals surface area (Å²) in [6.07, 6.45) is 7.62. The van der Waals surface area contributed by atoms with Crippen molar-refractivity contribution in [2.45, 2.75) is 24.8 Å². The first-order valence-electron chi connectivity index (χ1n) is 6.20. The van der Waals surface area contributed by atoms with Gasteiger partial charge in [0.15, 0.2) is 0 Å². The number of nitrogens with one attached hydrogen (secondary N) is 2. The Balaban J connectivity index is 1.97. The summed E-state index contributed by atoms with van der Waals surface area (Å²) in [4.78, 5) is 6.55. The van der Waals surface area contributed by atoms with Crippen molar-refractivity contribution in [3.8, 4) is 0 Å². The van der Waals surface area contributed by atoms with Crippen molar-refractivity contribution < 1.29 is 0 Å². The molecular weight excluding hydrogens is 212 g/mol. The molecule has 2 rings (SSSR count). The Bertz CT molecular complexity index is 371. The molecule has 0 unspecified atom stereocenters. The third-order valence-corrected chi connectivity index (χ3v) is 3.88. The molecule has 0 amide bonds. The van der Waals surface area contributed by atoms with Gasteiger partial charge in [-0.05, 0) is 39.4 Å².